The van der Waals surface area contributed by atoms with Crippen molar-refractivity contribution in [1.29, 1.82) is 0 Å². The molecule has 1 atom stereocenters. The van der Waals surface area contributed by atoms with Crippen molar-refractivity contribution >= 4 is 5.97 Å². The van der Waals surface area contributed by atoms with Crippen LogP contribution in [0.3, 0.4) is 0 Å². The predicted octanol–water partition coefficient (Wildman–Crippen LogP) is -0.0133. The summed E-state index contributed by atoms with van der Waals surface area (Å²) < 4.78 is 1.95. The number of carboxylic acids is 1. The van der Waals surface area contributed by atoms with E-state index in [1.165, 1.54) is 0 Å². The highest BCUT2D eigenvalue weighted by Gasteiger charge is 2.27. The summed E-state index contributed by atoms with van der Waals surface area (Å²) in [6, 6.07) is 0. The van der Waals surface area contributed by atoms with E-state index in [9.17, 15) is 4.79 Å². The van der Waals surface area contributed by atoms with Gasteiger partial charge in [0.05, 0.1) is 12.5 Å². The van der Waals surface area contributed by atoms with E-state index in [1.54, 1.807) is 0 Å². The Morgan fingerprint density at radius 1 is 1.56 bits per heavy atom. The summed E-state index contributed by atoms with van der Waals surface area (Å²) in [6.07, 6.45) is 1.37. The molecule has 0 amide bonds. The van der Waals surface area contributed by atoms with E-state index in [0.29, 0.717) is 25.9 Å². The number of rotatable bonds is 3. The molecule has 0 bridgehead atoms. The Morgan fingerprint density at radius 2 is 2.31 bits per heavy atom. The Bertz CT molecular complexity index is 400. The Balaban J connectivity index is 2.21. The van der Waals surface area contributed by atoms with Gasteiger partial charge in [-0.05, 0) is 20.5 Å². The minimum Gasteiger partial charge on any atom is -0.481 e. The molecule has 6 nitrogen and oxygen atoms in total. The van der Waals surface area contributed by atoms with Gasteiger partial charge in [0.25, 0.3) is 0 Å². The number of fused-ring (bicyclic) bond motifs is 1. The van der Waals surface area contributed by atoms with Gasteiger partial charge in [-0.3, -0.25) is 4.79 Å². The first-order chi connectivity index (χ1) is 7.58. The zero-order chi connectivity index (χ0) is 11.7. The molecule has 16 heavy (non-hydrogen) atoms. The molecule has 0 spiro atoms. The van der Waals surface area contributed by atoms with Crippen LogP contribution in [0.5, 0.6) is 0 Å². The van der Waals surface area contributed by atoms with Gasteiger partial charge in [-0.15, -0.1) is 10.2 Å². The maximum absolute atomic E-state index is 11.0. The third-order valence-electron chi connectivity index (χ3n) is 2.83. The van der Waals surface area contributed by atoms with Gasteiger partial charge in [-0.1, -0.05) is 0 Å². The normalized spacial score (nSPS) is 19.8. The molecule has 2 rings (SSSR count). The van der Waals surface area contributed by atoms with Gasteiger partial charge >= 0.3 is 5.97 Å². The van der Waals surface area contributed by atoms with E-state index < -0.39 is 5.97 Å². The van der Waals surface area contributed by atoms with Crippen LogP contribution in [0, 0.1) is 5.92 Å². The average molecular weight is 224 g/mol. The summed E-state index contributed by atoms with van der Waals surface area (Å²) in [5.41, 5.74) is 0. The molecule has 0 saturated carbocycles. The number of aryl methyl sites for hydroxylation is 1. The van der Waals surface area contributed by atoms with Gasteiger partial charge < -0.3 is 14.6 Å². The minimum absolute atomic E-state index is 0.301. The van der Waals surface area contributed by atoms with Crippen LogP contribution in [0.4, 0.5) is 0 Å². The molecule has 1 N–H and O–H groups in total. The molecule has 1 aromatic rings. The zero-order valence-corrected chi connectivity index (χ0v) is 9.55. The van der Waals surface area contributed by atoms with Crippen molar-refractivity contribution in [3.8, 4) is 0 Å². The van der Waals surface area contributed by atoms with Crippen LogP contribution >= 0.6 is 0 Å². The molecule has 0 fully saturated rings. The summed E-state index contributed by atoms with van der Waals surface area (Å²) in [5.74, 6) is 0.736. The van der Waals surface area contributed by atoms with Crippen LogP contribution < -0.4 is 0 Å². The molecular weight excluding hydrogens is 208 g/mol. The van der Waals surface area contributed by atoms with Crippen LogP contribution in [-0.4, -0.2) is 44.8 Å². The Labute approximate surface area is 93.9 Å². The third kappa shape index (κ3) is 2.06. The molecule has 1 aromatic heterocycles. The third-order valence-corrected chi connectivity index (χ3v) is 2.83. The lowest BCUT2D eigenvalue weighted by atomic mass is 10.00. The number of hydrogen-bond donors (Lipinski definition) is 1. The minimum atomic E-state index is -0.727. The summed E-state index contributed by atoms with van der Waals surface area (Å²) in [6.45, 7) is 1.19. The van der Waals surface area contributed by atoms with Crippen LogP contribution in [0.15, 0.2) is 0 Å². The van der Waals surface area contributed by atoms with Gasteiger partial charge in [0.2, 0.25) is 0 Å². The molecule has 88 valence electrons. The molecule has 0 aliphatic carbocycles. The van der Waals surface area contributed by atoms with Gasteiger partial charge in [-0.25, -0.2) is 0 Å². The number of aromatic nitrogens is 3. The number of carbonyl (C=O) groups is 1. The second-order valence-corrected chi connectivity index (χ2v) is 4.45. The van der Waals surface area contributed by atoms with Crippen molar-refractivity contribution < 1.29 is 9.90 Å². The van der Waals surface area contributed by atoms with Crippen LogP contribution in [0.2, 0.25) is 0 Å². The summed E-state index contributed by atoms with van der Waals surface area (Å²) >= 11 is 0. The molecular formula is C10H16N4O2. The molecule has 0 radical (unpaired) electrons. The Kier molecular flexibility index (Phi) is 2.91. The topological polar surface area (TPSA) is 71.2 Å². The fraction of sp³-hybridized carbons (Fsp3) is 0.700. The van der Waals surface area contributed by atoms with Crippen molar-refractivity contribution in [2.24, 2.45) is 5.92 Å². The number of carboxylic acid groups (broad SMARTS) is 1. The number of hydrogen-bond acceptors (Lipinski definition) is 4. The lowest BCUT2D eigenvalue weighted by Gasteiger charge is -2.21. The van der Waals surface area contributed by atoms with Crippen LogP contribution in [0.25, 0.3) is 0 Å². The molecule has 0 saturated heterocycles. The lowest BCUT2D eigenvalue weighted by molar-refractivity contribution is -0.142. The first kappa shape index (κ1) is 11.1. The Morgan fingerprint density at radius 3 is 2.94 bits per heavy atom. The van der Waals surface area contributed by atoms with E-state index in [-0.39, 0.29) is 5.92 Å². The highest BCUT2D eigenvalue weighted by atomic mass is 16.4. The van der Waals surface area contributed by atoms with E-state index in [2.05, 4.69) is 10.2 Å². The van der Waals surface area contributed by atoms with Gasteiger partial charge in [0.15, 0.2) is 0 Å². The van der Waals surface area contributed by atoms with Crippen molar-refractivity contribution in [2.45, 2.75) is 25.9 Å². The smallest absolute Gasteiger partial charge is 0.308 e. The highest BCUT2D eigenvalue weighted by molar-refractivity contribution is 5.70. The first-order valence-corrected chi connectivity index (χ1v) is 5.36. The second-order valence-electron chi connectivity index (χ2n) is 4.45. The van der Waals surface area contributed by atoms with Gasteiger partial charge in [0.1, 0.15) is 11.6 Å². The largest absolute Gasteiger partial charge is 0.481 e. The maximum Gasteiger partial charge on any atom is 0.308 e. The van der Waals surface area contributed by atoms with Crippen molar-refractivity contribution in [3.63, 3.8) is 0 Å². The SMILES string of the molecule is CN(C)Cc1nnc2n1CC(C(=O)O)CC2. The molecule has 2 heterocycles. The van der Waals surface area contributed by atoms with Crippen molar-refractivity contribution in [3.05, 3.63) is 11.6 Å². The molecule has 1 aliphatic rings. The summed E-state index contributed by atoms with van der Waals surface area (Å²) in [5, 5.41) is 17.2. The van der Waals surface area contributed by atoms with Crippen LogP contribution in [-0.2, 0) is 24.3 Å². The molecule has 1 unspecified atom stereocenters. The van der Waals surface area contributed by atoms with E-state index >= 15 is 0 Å². The second kappa shape index (κ2) is 4.21. The van der Waals surface area contributed by atoms with E-state index in [1.807, 2.05) is 23.6 Å². The summed E-state index contributed by atoms with van der Waals surface area (Å²) in [7, 11) is 3.91. The Hall–Kier alpha value is -1.43. The fourth-order valence-electron chi connectivity index (χ4n) is 1.98. The maximum atomic E-state index is 11.0. The quantitative estimate of drug-likeness (QED) is 0.781. The average Bonchev–Trinajstić information content (AvgIpc) is 2.60. The summed E-state index contributed by atoms with van der Waals surface area (Å²) in [4.78, 5) is 13.0. The lowest BCUT2D eigenvalue weighted by Crippen LogP contribution is -2.28. The fourth-order valence-corrected chi connectivity index (χ4v) is 1.98. The molecule has 1 aliphatic heterocycles. The van der Waals surface area contributed by atoms with Crippen LogP contribution in [0.1, 0.15) is 18.1 Å². The van der Waals surface area contributed by atoms with Crippen molar-refractivity contribution in [1.82, 2.24) is 19.7 Å². The standard InChI is InChI=1S/C10H16N4O2/c1-13(2)6-9-12-11-8-4-3-7(10(15)16)5-14(8)9/h7H,3-6H2,1-2H3,(H,15,16). The van der Waals surface area contributed by atoms with Gasteiger partial charge in [-0.2, -0.15) is 0 Å². The van der Waals surface area contributed by atoms with E-state index in [0.717, 1.165) is 11.6 Å². The zero-order valence-electron chi connectivity index (χ0n) is 9.55. The highest BCUT2D eigenvalue weighted by Crippen LogP contribution is 2.20. The predicted molar refractivity (Wildman–Crippen MR) is 56.9 cm³/mol. The monoisotopic (exact) mass is 224 g/mol. The van der Waals surface area contributed by atoms with Gasteiger partial charge in [0, 0.05) is 13.0 Å². The first-order valence-electron chi connectivity index (χ1n) is 5.36. The molecule has 0 aromatic carbocycles. The number of aliphatic carboxylic acids is 1. The molecule has 6 heteroatoms. The van der Waals surface area contributed by atoms with Crippen molar-refractivity contribution in [2.75, 3.05) is 14.1 Å². The number of nitrogens with zero attached hydrogens (tertiary/aromatic N) is 4. The van der Waals surface area contributed by atoms with E-state index in [4.69, 9.17) is 5.11 Å².